The quantitative estimate of drug-likeness (QED) is 0.0883. The van der Waals surface area contributed by atoms with Crippen LogP contribution in [0.3, 0.4) is 0 Å². The van der Waals surface area contributed by atoms with Crippen molar-refractivity contribution >= 4 is 48.9 Å². The van der Waals surface area contributed by atoms with Crippen LogP contribution in [0, 0.1) is 0 Å². The van der Waals surface area contributed by atoms with Crippen molar-refractivity contribution in [2.75, 3.05) is 37.7 Å². The summed E-state index contributed by atoms with van der Waals surface area (Å²) in [5.74, 6) is -1.93. The van der Waals surface area contributed by atoms with E-state index in [1.54, 1.807) is 41.0 Å². The number of nitrogens with one attached hydrogen (secondary N) is 3. The molecule has 5 N–H and O–H groups in total. The van der Waals surface area contributed by atoms with E-state index in [4.69, 9.17) is 9.84 Å². The third kappa shape index (κ3) is 7.53. The molecule has 0 fully saturated rings. The van der Waals surface area contributed by atoms with Gasteiger partial charge in [0, 0.05) is 42.4 Å². The summed E-state index contributed by atoms with van der Waals surface area (Å²) in [6, 6.07) is 8.70. The van der Waals surface area contributed by atoms with Crippen LogP contribution in [0.25, 0.3) is 0 Å². The molecular weight excluding hydrogens is 532 g/mol. The summed E-state index contributed by atoms with van der Waals surface area (Å²) in [7, 11) is 0. The van der Waals surface area contributed by atoms with Gasteiger partial charge in [0.15, 0.2) is 0 Å². The highest BCUT2D eigenvalue weighted by molar-refractivity contribution is 7.80. The SMILES string of the molecule is O=C(c1ccc(OCCNC(=O)[C@H](CS)NCCN[C@@H](CS)C(=O)O)cc1)c1ccc2n1CC[C@@H]2C(=O)O. The van der Waals surface area contributed by atoms with Crippen molar-refractivity contribution in [3.63, 3.8) is 0 Å². The molecular formula is C25H32N4O7S2. The van der Waals surface area contributed by atoms with E-state index in [0.29, 0.717) is 48.8 Å². The predicted octanol–water partition coefficient (Wildman–Crippen LogP) is 0.647. The van der Waals surface area contributed by atoms with E-state index in [1.807, 2.05) is 0 Å². The highest BCUT2D eigenvalue weighted by atomic mass is 32.1. The number of carboxylic acids is 2. The minimum atomic E-state index is -0.982. The molecule has 0 radical (unpaired) electrons. The number of thiol groups is 2. The first-order valence-corrected chi connectivity index (χ1v) is 13.4. The van der Waals surface area contributed by atoms with Crippen LogP contribution >= 0.6 is 25.3 Å². The zero-order valence-electron chi connectivity index (χ0n) is 20.6. The van der Waals surface area contributed by atoms with Crippen LogP contribution in [0.5, 0.6) is 5.75 Å². The second-order valence-electron chi connectivity index (χ2n) is 8.68. The Bertz CT molecular complexity index is 1140. The van der Waals surface area contributed by atoms with E-state index in [9.17, 15) is 24.3 Å². The fourth-order valence-corrected chi connectivity index (χ4v) is 4.75. The van der Waals surface area contributed by atoms with Gasteiger partial charge in [-0.1, -0.05) is 0 Å². The summed E-state index contributed by atoms with van der Waals surface area (Å²) >= 11 is 8.18. The average molecular weight is 565 g/mol. The van der Waals surface area contributed by atoms with Crippen LogP contribution in [0.4, 0.5) is 0 Å². The molecule has 0 saturated carbocycles. The fourth-order valence-electron chi connectivity index (χ4n) is 4.17. The number of hydrogen-bond donors (Lipinski definition) is 7. The number of aromatic nitrogens is 1. The molecule has 11 nitrogen and oxygen atoms in total. The van der Waals surface area contributed by atoms with Gasteiger partial charge in [-0.2, -0.15) is 25.3 Å². The maximum absolute atomic E-state index is 13.0. The minimum Gasteiger partial charge on any atom is -0.492 e. The van der Waals surface area contributed by atoms with Gasteiger partial charge in [0.1, 0.15) is 18.4 Å². The number of aliphatic carboxylic acids is 2. The van der Waals surface area contributed by atoms with Crippen molar-refractivity contribution in [3.8, 4) is 5.75 Å². The number of nitrogens with zero attached hydrogens (tertiary/aromatic N) is 1. The third-order valence-electron chi connectivity index (χ3n) is 6.22. The van der Waals surface area contributed by atoms with E-state index in [1.165, 1.54) is 0 Å². The minimum absolute atomic E-state index is 0.162. The molecule has 0 unspecified atom stereocenters. The Kier molecular flexibility index (Phi) is 11.1. The Labute approximate surface area is 231 Å². The summed E-state index contributed by atoms with van der Waals surface area (Å²) in [4.78, 5) is 47.7. The van der Waals surface area contributed by atoms with Crippen molar-refractivity contribution in [3.05, 3.63) is 53.3 Å². The number of amides is 1. The van der Waals surface area contributed by atoms with Crippen LogP contribution in [0.15, 0.2) is 36.4 Å². The molecule has 1 aromatic carbocycles. The zero-order valence-corrected chi connectivity index (χ0v) is 22.4. The first kappa shape index (κ1) is 29.6. The first-order valence-electron chi connectivity index (χ1n) is 12.2. The third-order valence-corrected chi connectivity index (χ3v) is 6.95. The first-order chi connectivity index (χ1) is 18.3. The molecule has 2 heterocycles. The number of carbonyl (C=O) groups excluding carboxylic acids is 2. The molecule has 1 aromatic heterocycles. The summed E-state index contributed by atoms with van der Waals surface area (Å²) in [5, 5.41) is 27.0. The molecule has 1 aliphatic heterocycles. The van der Waals surface area contributed by atoms with E-state index >= 15 is 0 Å². The second-order valence-corrected chi connectivity index (χ2v) is 9.41. The van der Waals surface area contributed by atoms with Gasteiger partial charge in [0.25, 0.3) is 0 Å². The Morgan fingerprint density at radius 2 is 1.61 bits per heavy atom. The maximum Gasteiger partial charge on any atom is 0.321 e. The monoisotopic (exact) mass is 564 g/mol. The van der Waals surface area contributed by atoms with E-state index in [-0.39, 0.29) is 36.3 Å². The fraction of sp³-hybridized carbons (Fsp3) is 0.440. The lowest BCUT2D eigenvalue weighted by molar-refractivity contribution is -0.139. The van der Waals surface area contributed by atoms with Gasteiger partial charge in [-0.3, -0.25) is 19.2 Å². The molecule has 1 aliphatic rings. The van der Waals surface area contributed by atoms with Crippen LogP contribution in [0.1, 0.15) is 34.1 Å². The summed E-state index contributed by atoms with van der Waals surface area (Å²) < 4.78 is 7.43. The Morgan fingerprint density at radius 1 is 0.947 bits per heavy atom. The average Bonchev–Trinajstić information content (AvgIpc) is 3.51. The standard InChI is InChI=1S/C25H32N4O7S2/c30-22(21-6-5-20-17(24(32)33)7-11-29(20)21)15-1-3-16(4-2-15)36-12-10-28-23(31)18(13-37)26-8-9-27-19(14-38)25(34)35/h1-6,17-19,26-27,37-38H,7-14H2,(H,28,31)(H,32,33)(H,34,35)/t17-,18-,19-/m0/s1. The summed E-state index contributed by atoms with van der Waals surface area (Å²) in [6.45, 7) is 1.70. The van der Waals surface area contributed by atoms with Crippen molar-refractivity contribution in [2.24, 2.45) is 0 Å². The Balaban J connectivity index is 1.41. The van der Waals surface area contributed by atoms with Crippen molar-refractivity contribution in [2.45, 2.75) is 31.0 Å². The smallest absolute Gasteiger partial charge is 0.321 e. The van der Waals surface area contributed by atoms with Gasteiger partial charge in [-0.15, -0.1) is 0 Å². The molecule has 13 heteroatoms. The van der Waals surface area contributed by atoms with Crippen LogP contribution in [-0.4, -0.2) is 88.2 Å². The molecule has 0 spiro atoms. The van der Waals surface area contributed by atoms with E-state index < -0.39 is 29.9 Å². The topological polar surface area (TPSA) is 159 Å². The van der Waals surface area contributed by atoms with Gasteiger partial charge < -0.3 is 35.5 Å². The normalized spacial score (nSPS) is 15.9. The summed E-state index contributed by atoms with van der Waals surface area (Å²) in [6.07, 6.45) is 0.473. The van der Waals surface area contributed by atoms with Crippen LogP contribution in [0.2, 0.25) is 0 Å². The lowest BCUT2D eigenvalue weighted by Crippen LogP contribution is -2.49. The molecule has 0 saturated heterocycles. The number of benzene rings is 1. The highest BCUT2D eigenvalue weighted by Crippen LogP contribution is 2.31. The number of ether oxygens (including phenoxy) is 1. The van der Waals surface area contributed by atoms with Crippen molar-refractivity contribution in [1.82, 2.24) is 20.5 Å². The molecule has 3 rings (SSSR count). The van der Waals surface area contributed by atoms with Crippen LogP contribution < -0.4 is 20.7 Å². The van der Waals surface area contributed by atoms with Crippen molar-refractivity contribution < 1.29 is 34.1 Å². The molecule has 1 amide bonds. The number of carbonyl (C=O) groups is 4. The largest absolute Gasteiger partial charge is 0.492 e. The number of hydrogen-bond acceptors (Lipinski definition) is 9. The molecule has 0 aliphatic carbocycles. The lowest BCUT2D eigenvalue weighted by atomic mass is 10.1. The molecule has 206 valence electrons. The Hall–Kier alpha value is -3.00. The number of fused-ring (bicyclic) bond motifs is 1. The number of carboxylic acid groups (broad SMARTS) is 2. The highest BCUT2D eigenvalue weighted by Gasteiger charge is 2.31. The second kappa shape index (κ2) is 14.2. The number of ketones is 1. The van der Waals surface area contributed by atoms with E-state index in [2.05, 4.69) is 41.2 Å². The van der Waals surface area contributed by atoms with Gasteiger partial charge in [-0.05, 0) is 42.8 Å². The maximum atomic E-state index is 13.0. The van der Waals surface area contributed by atoms with Gasteiger partial charge in [0.2, 0.25) is 11.7 Å². The predicted molar refractivity (Wildman–Crippen MR) is 147 cm³/mol. The molecule has 38 heavy (non-hydrogen) atoms. The van der Waals surface area contributed by atoms with Gasteiger partial charge in [-0.25, -0.2) is 0 Å². The lowest BCUT2D eigenvalue weighted by Gasteiger charge is -2.18. The Morgan fingerprint density at radius 3 is 2.21 bits per heavy atom. The summed E-state index contributed by atoms with van der Waals surface area (Å²) in [5.41, 5.74) is 1.58. The molecule has 2 aromatic rings. The van der Waals surface area contributed by atoms with Gasteiger partial charge >= 0.3 is 11.9 Å². The molecule has 3 atom stereocenters. The van der Waals surface area contributed by atoms with E-state index in [0.717, 1.165) is 0 Å². The van der Waals surface area contributed by atoms with Crippen molar-refractivity contribution in [1.29, 1.82) is 0 Å². The number of rotatable bonds is 16. The molecule has 0 bridgehead atoms. The van der Waals surface area contributed by atoms with Crippen LogP contribution in [-0.2, 0) is 20.9 Å². The van der Waals surface area contributed by atoms with Gasteiger partial charge in [0.05, 0.1) is 24.2 Å². The zero-order chi connectivity index (χ0) is 27.7.